The Labute approximate surface area is 136 Å². The van der Waals surface area contributed by atoms with Crippen LogP contribution in [0.2, 0.25) is 0 Å². The van der Waals surface area contributed by atoms with Crippen molar-refractivity contribution in [3.8, 4) is 0 Å². The molecule has 2 heteroatoms. The number of benzene rings is 3. The van der Waals surface area contributed by atoms with Crippen LogP contribution in [-0.4, -0.2) is 12.6 Å². The summed E-state index contributed by atoms with van der Waals surface area (Å²) < 4.78 is 5.21. The highest BCUT2D eigenvalue weighted by molar-refractivity contribution is 6.02. The first kappa shape index (κ1) is 15.3. The molecule has 2 nitrogen and oxygen atoms in total. The monoisotopic (exact) mass is 304 g/mol. The zero-order valence-corrected chi connectivity index (χ0v) is 13.3. The van der Waals surface area contributed by atoms with Crippen molar-refractivity contribution in [3.63, 3.8) is 0 Å². The van der Waals surface area contributed by atoms with Gasteiger partial charge in [0.15, 0.2) is 0 Å². The lowest BCUT2D eigenvalue weighted by molar-refractivity contribution is -0.139. The molecule has 0 radical (unpaired) electrons. The highest BCUT2D eigenvalue weighted by Crippen LogP contribution is 2.29. The number of rotatable bonds is 5. The van der Waals surface area contributed by atoms with E-state index in [2.05, 4.69) is 61.2 Å². The van der Waals surface area contributed by atoms with Crippen LogP contribution in [0.4, 0.5) is 0 Å². The molecule has 0 N–H and O–H groups in total. The highest BCUT2D eigenvalue weighted by atomic mass is 16.5. The normalized spacial score (nSPS) is 10.8. The van der Waals surface area contributed by atoms with Crippen LogP contribution >= 0.6 is 0 Å². The largest absolute Gasteiger partial charge is 0.462 e. The molecule has 3 aromatic rings. The quantitative estimate of drug-likeness (QED) is 0.285. The van der Waals surface area contributed by atoms with Crippen LogP contribution in [0, 0.1) is 0 Å². The molecule has 0 bridgehead atoms. The summed E-state index contributed by atoms with van der Waals surface area (Å²) in [5, 5.41) is 5.05. The lowest BCUT2D eigenvalue weighted by atomic mass is 9.94. The van der Waals surface area contributed by atoms with Crippen molar-refractivity contribution in [2.24, 2.45) is 0 Å². The number of hydrogen-bond acceptors (Lipinski definition) is 2. The molecule has 116 valence electrons. The van der Waals surface area contributed by atoms with Crippen molar-refractivity contribution >= 4 is 27.5 Å². The van der Waals surface area contributed by atoms with Gasteiger partial charge in [0.2, 0.25) is 0 Å². The van der Waals surface area contributed by atoms with Crippen molar-refractivity contribution in [2.45, 2.75) is 19.8 Å². The number of carbonyl (C=O) groups is 1. The van der Waals surface area contributed by atoms with Crippen molar-refractivity contribution in [1.82, 2.24) is 0 Å². The number of esters is 1. The lowest BCUT2D eigenvalue weighted by Crippen LogP contribution is -2.07. The Balaban J connectivity index is 1.88. The second-order valence-corrected chi connectivity index (χ2v) is 5.82. The van der Waals surface area contributed by atoms with E-state index in [0.717, 1.165) is 12.8 Å². The second kappa shape index (κ2) is 6.66. The van der Waals surface area contributed by atoms with Crippen molar-refractivity contribution < 1.29 is 9.53 Å². The van der Waals surface area contributed by atoms with Gasteiger partial charge in [-0.15, -0.1) is 0 Å². The zero-order chi connectivity index (χ0) is 16.2. The van der Waals surface area contributed by atoms with Gasteiger partial charge in [0.05, 0.1) is 6.61 Å². The maximum Gasteiger partial charge on any atom is 0.333 e. The Morgan fingerprint density at radius 1 is 1.00 bits per heavy atom. The first-order valence-electron chi connectivity index (χ1n) is 7.89. The molecule has 0 aromatic heterocycles. The van der Waals surface area contributed by atoms with Gasteiger partial charge >= 0.3 is 5.97 Å². The lowest BCUT2D eigenvalue weighted by Gasteiger charge is -2.12. The van der Waals surface area contributed by atoms with Crippen LogP contribution in [0.1, 0.15) is 18.9 Å². The first-order valence-corrected chi connectivity index (χ1v) is 7.89. The molecular formula is C21H20O2. The van der Waals surface area contributed by atoms with E-state index in [4.69, 9.17) is 4.74 Å². The van der Waals surface area contributed by atoms with E-state index >= 15 is 0 Å². The number of fused-ring (bicyclic) bond motifs is 2. The van der Waals surface area contributed by atoms with Gasteiger partial charge in [0.1, 0.15) is 0 Å². The molecule has 0 fully saturated rings. The standard InChI is InChI=1S/C21H20O2/c1-15(2)21(22)23-13-7-12-20-18-10-5-3-8-16(18)14-17-9-4-6-11-19(17)20/h3-6,8-11,14H,1,7,12-13H2,2H3. The molecule has 3 aromatic carbocycles. The summed E-state index contributed by atoms with van der Waals surface area (Å²) in [6, 6.07) is 19.1. The summed E-state index contributed by atoms with van der Waals surface area (Å²) in [7, 11) is 0. The van der Waals surface area contributed by atoms with Crippen LogP contribution in [0.5, 0.6) is 0 Å². The van der Waals surface area contributed by atoms with Gasteiger partial charge in [-0.3, -0.25) is 0 Å². The van der Waals surface area contributed by atoms with Crippen molar-refractivity contribution in [3.05, 3.63) is 72.3 Å². The van der Waals surface area contributed by atoms with Crippen LogP contribution in [0.15, 0.2) is 66.7 Å². The third kappa shape index (κ3) is 3.26. The van der Waals surface area contributed by atoms with E-state index in [-0.39, 0.29) is 5.97 Å². The fourth-order valence-corrected chi connectivity index (χ4v) is 2.91. The predicted molar refractivity (Wildman–Crippen MR) is 95.5 cm³/mol. The molecule has 0 spiro atoms. The van der Waals surface area contributed by atoms with Gasteiger partial charge in [-0.2, -0.15) is 0 Å². The Morgan fingerprint density at radius 3 is 2.13 bits per heavy atom. The molecule has 0 amide bonds. The third-order valence-corrected chi connectivity index (χ3v) is 4.04. The fourth-order valence-electron chi connectivity index (χ4n) is 2.91. The van der Waals surface area contributed by atoms with Crippen LogP contribution in [-0.2, 0) is 16.0 Å². The number of aryl methyl sites for hydroxylation is 1. The first-order chi connectivity index (χ1) is 11.2. The van der Waals surface area contributed by atoms with Gasteiger partial charge in [-0.1, -0.05) is 55.1 Å². The van der Waals surface area contributed by atoms with Crippen LogP contribution in [0.3, 0.4) is 0 Å². The molecule has 23 heavy (non-hydrogen) atoms. The maximum absolute atomic E-state index is 11.5. The Morgan fingerprint density at radius 2 is 1.57 bits per heavy atom. The zero-order valence-electron chi connectivity index (χ0n) is 13.3. The molecule has 0 aliphatic carbocycles. The Kier molecular flexibility index (Phi) is 4.42. The molecule has 0 aliphatic rings. The minimum Gasteiger partial charge on any atom is -0.462 e. The molecule has 0 unspecified atom stereocenters. The van der Waals surface area contributed by atoms with Gasteiger partial charge in [0.25, 0.3) is 0 Å². The predicted octanol–water partition coefficient (Wildman–Crippen LogP) is 5.04. The summed E-state index contributed by atoms with van der Waals surface area (Å²) in [5.41, 5.74) is 1.77. The van der Waals surface area contributed by atoms with E-state index in [9.17, 15) is 4.79 Å². The van der Waals surface area contributed by atoms with E-state index in [1.165, 1.54) is 27.1 Å². The number of carbonyl (C=O) groups excluding carboxylic acids is 1. The number of hydrogen-bond donors (Lipinski definition) is 0. The summed E-state index contributed by atoms with van der Waals surface area (Å²) in [6.45, 7) is 5.69. The summed E-state index contributed by atoms with van der Waals surface area (Å²) >= 11 is 0. The third-order valence-electron chi connectivity index (χ3n) is 4.04. The van der Waals surface area contributed by atoms with E-state index < -0.39 is 0 Å². The molecule has 3 rings (SSSR count). The molecule has 0 atom stereocenters. The average molecular weight is 304 g/mol. The summed E-state index contributed by atoms with van der Waals surface area (Å²) in [5.74, 6) is -0.312. The van der Waals surface area contributed by atoms with E-state index in [1.807, 2.05) is 0 Å². The Hall–Kier alpha value is -2.61. The van der Waals surface area contributed by atoms with Crippen LogP contribution in [0.25, 0.3) is 21.5 Å². The topological polar surface area (TPSA) is 26.3 Å². The second-order valence-electron chi connectivity index (χ2n) is 5.82. The number of ether oxygens (including phenoxy) is 1. The van der Waals surface area contributed by atoms with Gasteiger partial charge in [0, 0.05) is 5.57 Å². The SMILES string of the molecule is C=C(C)C(=O)OCCCc1c2ccccc2cc2ccccc12. The molecule has 0 saturated heterocycles. The van der Waals surface area contributed by atoms with Gasteiger partial charge in [-0.05, 0) is 52.9 Å². The minimum absolute atomic E-state index is 0.312. The maximum atomic E-state index is 11.5. The molecule has 0 aliphatic heterocycles. The van der Waals surface area contributed by atoms with E-state index in [0.29, 0.717) is 12.2 Å². The van der Waals surface area contributed by atoms with Gasteiger partial charge < -0.3 is 4.74 Å². The Bertz CT molecular complexity index is 823. The van der Waals surface area contributed by atoms with Gasteiger partial charge in [-0.25, -0.2) is 4.79 Å². The average Bonchev–Trinajstić information content (AvgIpc) is 2.57. The molecule has 0 heterocycles. The molecular weight excluding hydrogens is 284 g/mol. The van der Waals surface area contributed by atoms with Crippen molar-refractivity contribution in [2.75, 3.05) is 6.61 Å². The highest BCUT2D eigenvalue weighted by Gasteiger charge is 2.08. The molecule has 0 saturated carbocycles. The fraction of sp³-hybridized carbons (Fsp3) is 0.190. The summed E-state index contributed by atoms with van der Waals surface area (Å²) in [6.07, 6.45) is 1.68. The smallest absolute Gasteiger partial charge is 0.333 e. The van der Waals surface area contributed by atoms with Crippen molar-refractivity contribution in [1.29, 1.82) is 0 Å². The van der Waals surface area contributed by atoms with Crippen LogP contribution < -0.4 is 0 Å². The minimum atomic E-state index is -0.312. The van der Waals surface area contributed by atoms with E-state index in [1.54, 1.807) is 6.92 Å². The summed E-state index contributed by atoms with van der Waals surface area (Å²) in [4.78, 5) is 11.5.